The maximum Gasteiger partial charge on any atom is 0.338 e. The van der Waals surface area contributed by atoms with Crippen LogP contribution in [0.15, 0.2) is 48.5 Å². The van der Waals surface area contributed by atoms with E-state index in [4.69, 9.17) is 16.3 Å². The van der Waals surface area contributed by atoms with Crippen LogP contribution in [0.5, 0.6) is 0 Å². The molecule has 2 rings (SSSR count). The van der Waals surface area contributed by atoms with Gasteiger partial charge in [-0.15, -0.1) is 0 Å². The van der Waals surface area contributed by atoms with Gasteiger partial charge in [-0.3, -0.25) is 9.59 Å². The number of carbonyl (C=O) groups excluding carboxylic acids is 3. The summed E-state index contributed by atoms with van der Waals surface area (Å²) < 4.78 is 5.00. The molecule has 0 unspecified atom stereocenters. The van der Waals surface area contributed by atoms with Crippen molar-refractivity contribution in [3.05, 3.63) is 64.7 Å². The molecule has 0 saturated heterocycles. The van der Waals surface area contributed by atoms with Crippen molar-refractivity contribution in [1.82, 2.24) is 0 Å². The molecule has 2 aromatic carbocycles. The minimum atomic E-state index is -0.646. The van der Waals surface area contributed by atoms with Crippen molar-refractivity contribution in [1.29, 1.82) is 0 Å². The van der Waals surface area contributed by atoms with E-state index in [1.165, 1.54) is 25.1 Å². The standard InChI is InChI=1S/C17H14ClNO4/c1-11(20)19-15-7-3-5-13(9-15)17(22)23-10-16(21)12-4-2-6-14(18)8-12/h2-9H,10H2,1H3,(H,19,20). The van der Waals surface area contributed by atoms with Crippen molar-refractivity contribution >= 4 is 34.9 Å². The van der Waals surface area contributed by atoms with Crippen LogP contribution in [0, 0.1) is 0 Å². The van der Waals surface area contributed by atoms with Gasteiger partial charge in [0, 0.05) is 23.2 Å². The van der Waals surface area contributed by atoms with Crippen LogP contribution < -0.4 is 5.32 Å². The predicted octanol–water partition coefficient (Wildman–Crippen LogP) is 3.34. The smallest absolute Gasteiger partial charge is 0.338 e. The number of rotatable bonds is 5. The number of esters is 1. The van der Waals surface area contributed by atoms with Crippen LogP contribution in [-0.2, 0) is 9.53 Å². The number of amides is 1. The second-order valence-corrected chi connectivity index (χ2v) is 5.21. The number of benzene rings is 2. The summed E-state index contributed by atoms with van der Waals surface area (Å²) in [6, 6.07) is 12.7. The number of ketones is 1. The van der Waals surface area contributed by atoms with Gasteiger partial charge in [0.05, 0.1) is 5.56 Å². The lowest BCUT2D eigenvalue weighted by Crippen LogP contribution is -2.14. The third kappa shape index (κ3) is 4.93. The van der Waals surface area contributed by atoms with Gasteiger partial charge >= 0.3 is 5.97 Å². The van der Waals surface area contributed by atoms with Crippen molar-refractivity contribution in [2.24, 2.45) is 0 Å². The SMILES string of the molecule is CC(=O)Nc1cccc(C(=O)OCC(=O)c2cccc(Cl)c2)c1. The third-order valence-electron chi connectivity index (χ3n) is 2.90. The van der Waals surface area contributed by atoms with Gasteiger partial charge < -0.3 is 10.1 Å². The van der Waals surface area contributed by atoms with E-state index >= 15 is 0 Å². The minimum Gasteiger partial charge on any atom is -0.454 e. The van der Waals surface area contributed by atoms with Crippen LogP contribution in [-0.4, -0.2) is 24.3 Å². The topological polar surface area (TPSA) is 72.5 Å². The summed E-state index contributed by atoms with van der Waals surface area (Å²) in [5.74, 6) is -1.24. The van der Waals surface area contributed by atoms with Crippen LogP contribution in [0.3, 0.4) is 0 Å². The average Bonchev–Trinajstić information content (AvgIpc) is 2.52. The second kappa shape index (κ2) is 7.56. The lowest BCUT2D eigenvalue weighted by molar-refractivity contribution is -0.114. The van der Waals surface area contributed by atoms with Gasteiger partial charge in [-0.2, -0.15) is 0 Å². The monoisotopic (exact) mass is 331 g/mol. The third-order valence-corrected chi connectivity index (χ3v) is 3.13. The van der Waals surface area contributed by atoms with Crippen molar-refractivity contribution < 1.29 is 19.1 Å². The van der Waals surface area contributed by atoms with Crippen molar-refractivity contribution in [2.45, 2.75) is 6.92 Å². The second-order valence-electron chi connectivity index (χ2n) is 4.77. The largest absolute Gasteiger partial charge is 0.454 e. The number of Topliss-reactive ketones (excluding diaryl/α,β-unsaturated/α-hetero) is 1. The number of carbonyl (C=O) groups is 3. The molecule has 118 valence electrons. The Kier molecular flexibility index (Phi) is 5.49. The summed E-state index contributed by atoms with van der Waals surface area (Å²) in [4.78, 5) is 34.9. The van der Waals surface area contributed by atoms with E-state index in [0.717, 1.165) is 0 Å². The van der Waals surface area contributed by atoms with Crippen molar-refractivity contribution in [3.8, 4) is 0 Å². The van der Waals surface area contributed by atoms with Crippen molar-refractivity contribution in [2.75, 3.05) is 11.9 Å². The molecule has 6 heteroatoms. The molecular formula is C17H14ClNO4. The van der Waals surface area contributed by atoms with E-state index in [9.17, 15) is 14.4 Å². The molecule has 0 spiro atoms. The Morgan fingerprint density at radius 2 is 1.74 bits per heavy atom. The highest BCUT2D eigenvalue weighted by molar-refractivity contribution is 6.31. The summed E-state index contributed by atoms with van der Waals surface area (Å²) in [6.45, 7) is 0.984. The van der Waals surface area contributed by atoms with Crippen LogP contribution >= 0.6 is 11.6 Å². The molecule has 0 aliphatic heterocycles. The Morgan fingerprint density at radius 3 is 2.43 bits per heavy atom. The molecule has 0 atom stereocenters. The fourth-order valence-corrected chi connectivity index (χ4v) is 2.08. The van der Waals surface area contributed by atoms with Gasteiger partial charge in [-0.1, -0.05) is 29.8 Å². The zero-order valence-electron chi connectivity index (χ0n) is 12.3. The van der Waals surface area contributed by atoms with E-state index in [0.29, 0.717) is 16.3 Å². The zero-order chi connectivity index (χ0) is 16.8. The number of ether oxygens (including phenoxy) is 1. The summed E-state index contributed by atoms with van der Waals surface area (Å²) in [5, 5.41) is 3.00. The summed E-state index contributed by atoms with van der Waals surface area (Å²) in [6.07, 6.45) is 0. The van der Waals surface area contributed by atoms with E-state index in [1.807, 2.05) is 0 Å². The van der Waals surface area contributed by atoms with Crippen LogP contribution in [0.2, 0.25) is 5.02 Å². The molecule has 0 heterocycles. The van der Waals surface area contributed by atoms with Crippen LogP contribution in [0.1, 0.15) is 27.6 Å². The van der Waals surface area contributed by atoms with Crippen LogP contribution in [0.4, 0.5) is 5.69 Å². The summed E-state index contributed by atoms with van der Waals surface area (Å²) >= 11 is 5.81. The lowest BCUT2D eigenvalue weighted by atomic mass is 10.1. The van der Waals surface area contributed by atoms with Gasteiger partial charge in [0.15, 0.2) is 12.4 Å². The Bertz CT molecular complexity index is 758. The molecule has 1 N–H and O–H groups in total. The number of hydrogen-bond donors (Lipinski definition) is 1. The molecule has 0 fully saturated rings. The molecular weight excluding hydrogens is 318 g/mol. The van der Waals surface area contributed by atoms with Gasteiger partial charge in [-0.25, -0.2) is 4.79 Å². The lowest BCUT2D eigenvalue weighted by Gasteiger charge is -2.07. The maximum atomic E-state index is 12.0. The first-order chi connectivity index (χ1) is 11.0. The summed E-state index contributed by atoms with van der Waals surface area (Å²) in [7, 11) is 0. The zero-order valence-corrected chi connectivity index (χ0v) is 13.1. The Labute approximate surface area is 138 Å². The molecule has 0 aliphatic carbocycles. The Hall–Kier alpha value is -2.66. The Morgan fingerprint density at radius 1 is 1.04 bits per heavy atom. The first-order valence-corrected chi connectivity index (χ1v) is 7.17. The van der Waals surface area contributed by atoms with Crippen LogP contribution in [0.25, 0.3) is 0 Å². The van der Waals surface area contributed by atoms with Gasteiger partial charge in [0.25, 0.3) is 0 Å². The quantitative estimate of drug-likeness (QED) is 0.673. The number of halogens is 1. The maximum absolute atomic E-state index is 12.0. The van der Waals surface area contributed by atoms with E-state index < -0.39 is 5.97 Å². The minimum absolute atomic E-state index is 0.244. The molecule has 23 heavy (non-hydrogen) atoms. The van der Waals surface area contributed by atoms with E-state index in [-0.39, 0.29) is 23.9 Å². The highest BCUT2D eigenvalue weighted by Gasteiger charge is 2.12. The van der Waals surface area contributed by atoms with Gasteiger partial charge in [0.1, 0.15) is 0 Å². The summed E-state index contributed by atoms with van der Waals surface area (Å²) in [5.41, 5.74) is 1.10. The molecule has 0 aromatic heterocycles. The normalized spacial score (nSPS) is 10.0. The molecule has 2 aromatic rings. The van der Waals surface area contributed by atoms with E-state index in [1.54, 1.807) is 30.3 Å². The predicted molar refractivity (Wildman–Crippen MR) is 86.8 cm³/mol. The fourth-order valence-electron chi connectivity index (χ4n) is 1.89. The number of anilines is 1. The van der Waals surface area contributed by atoms with E-state index in [2.05, 4.69) is 5.32 Å². The number of hydrogen-bond acceptors (Lipinski definition) is 4. The Balaban J connectivity index is 1.99. The molecule has 0 aliphatic rings. The first-order valence-electron chi connectivity index (χ1n) is 6.79. The van der Waals surface area contributed by atoms with Crippen molar-refractivity contribution in [3.63, 3.8) is 0 Å². The van der Waals surface area contributed by atoms with Gasteiger partial charge in [0.2, 0.25) is 5.91 Å². The highest BCUT2D eigenvalue weighted by atomic mass is 35.5. The van der Waals surface area contributed by atoms with Gasteiger partial charge in [-0.05, 0) is 30.3 Å². The molecule has 0 saturated carbocycles. The number of nitrogens with one attached hydrogen (secondary N) is 1. The molecule has 5 nitrogen and oxygen atoms in total. The first kappa shape index (κ1) is 16.7. The molecule has 0 bridgehead atoms. The highest BCUT2D eigenvalue weighted by Crippen LogP contribution is 2.13. The molecule has 0 radical (unpaired) electrons. The average molecular weight is 332 g/mol. The fraction of sp³-hybridized carbons (Fsp3) is 0.118. The molecule has 1 amide bonds.